The molecule has 1 fully saturated rings. The summed E-state index contributed by atoms with van der Waals surface area (Å²) in [6.45, 7) is 7.03. The predicted octanol–water partition coefficient (Wildman–Crippen LogP) is -0.552. The van der Waals surface area contributed by atoms with Gasteiger partial charge in [0.2, 0.25) is 0 Å². The normalized spacial score (nSPS) is 16.7. The minimum Gasteiger partial charge on any atom is -0.378 e. The van der Waals surface area contributed by atoms with E-state index in [1.807, 2.05) is 11.9 Å². The van der Waals surface area contributed by atoms with Gasteiger partial charge in [-0.3, -0.25) is 4.90 Å². The van der Waals surface area contributed by atoms with Gasteiger partial charge < -0.3 is 24.3 Å². The SMILES string of the molecule is CNCCOCCOCCOCCOCCn1nnc(CN2CCS(=O)(=O)CC2)c1Cl. The van der Waals surface area contributed by atoms with Crippen LogP contribution < -0.4 is 5.32 Å². The number of sulfone groups is 1. The summed E-state index contributed by atoms with van der Waals surface area (Å²) in [4.78, 5) is 2.02. The molecule has 1 saturated heterocycles. The van der Waals surface area contributed by atoms with Crippen LogP contribution in [0.15, 0.2) is 0 Å². The number of hydrogen-bond donors (Lipinski definition) is 1. The monoisotopic (exact) mass is 483 g/mol. The highest BCUT2D eigenvalue weighted by Crippen LogP contribution is 2.16. The van der Waals surface area contributed by atoms with Crippen molar-refractivity contribution in [3.8, 4) is 0 Å². The minimum atomic E-state index is -2.90. The minimum absolute atomic E-state index is 0.173. The fraction of sp³-hybridized carbons (Fsp3) is 0.889. The number of aromatic nitrogens is 3. The van der Waals surface area contributed by atoms with Crippen LogP contribution in [0.5, 0.6) is 0 Å². The summed E-state index contributed by atoms with van der Waals surface area (Å²) >= 11 is 6.34. The van der Waals surface area contributed by atoms with Gasteiger partial charge in [0.15, 0.2) is 15.0 Å². The van der Waals surface area contributed by atoms with E-state index in [0.29, 0.717) is 89.9 Å². The van der Waals surface area contributed by atoms with E-state index in [-0.39, 0.29) is 11.5 Å². The summed E-state index contributed by atoms with van der Waals surface area (Å²) in [5, 5.41) is 11.6. The molecule has 31 heavy (non-hydrogen) atoms. The third-order valence-electron chi connectivity index (χ3n) is 4.61. The predicted molar refractivity (Wildman–Crippen MR) is 116 cm³/mol. The first-order valence-electron chi connectivity index (χ1n) is 10.5. The van der Waals surface area contributed by atoms with Crippen molar-refractivity contribution >= 4 is 21.4 Å². The van der Waals surface area contributed by atoms with E-state index in [1.54, 1.807) is 4.68 Å². The lowest BCUT2D eigenvalue weighted by atomic mass is 10.4. The molecule has 0 radical (unpaired) electrons. The highest BCUT2D eigenvalue weighted by atomic mass is 35.5. The van der Waals surface area contributed by atoms with Crippen molar-refractivity contribution in [1.82, 2.24) is 25.2 Å². The molecule has 0 atom stereocenters. The van der Waals surface area contributed by atoms with Gasteiger partial charge in [0, 0.05) is 26.2 Å². The molecule has 0 unspecified atom stereocenters. The fourth-order valence-corrected chi connectivity index (χ4v) is 4.28. The molecule has 0 saturated carbocycles. The Hall–Kier alpha value is -0.860. The lowest BCUT2D eigenvalue weighted by Crippen LogP contribution is -2.39. The van der Waals surface area contributed by atoms with Gasteiger partial charge in [-0.05, 0) is 7.05 Å². The lowest BCUT2D eigenvalue weighted by Gasteiger charge is -2.25. The molecular formula is C18H34ClN5O6S. The molecule has 1 aliphatic rings. The van der Waals surface area contributed by atoms with Crippen LogP contribution in [0.1, 0.15) is 5.69 Å². The first-order valence-corrected chi connectivity index (χ1v) is 12.7. The number of ether oxygens (including phenoxy) is 4. The van der Waals surface area contributed by atoms with E-state index in [2.05, 4.69) is 15.6 Å². The van der Waals surface area contributed by atoms with Crippen molar-refractivity contribution in [2.45, 2.75) is 13.1 Å². The molecule has 11 nitrogen and oxygen atoms in total. The van der Waals surface area contributed by atoms with E-state index in [4.69, 9.17) is 30.5 Å². The fourth-order valence-electron chi connectivity index (χ4n) is 2.78. The molecule has 1 N–H and O–H groups in total. The van der Waals surface area contributed by atoms with Crippen LogP contribution in [0.3, 0.4) is 0 Å². The van der Waals surface area contributed by atoms with E-state index in [1.165, 1.54) is 0 Å². The summed E-state index contributed by atoms with van der Waals surface area (Å²) in [5.74, 6) is 0.346. The number of hydrogen-bond acceptors (Lipinski definition) is 10. The summed E-state index contributed by atoms with van der Waals surface area (Å²) < 4.78 is 46.3. The zero-order valence-electron chi connectivity index (χ0n) is 18.1. The van der Waals surface area contributed by atoms with Crippen LogP contribution >= 0.6 is 11.6 Å². The third-order valence-corrected chi connectivity index (χ3v) is 6.63. The van der Waals surface area contributed by atoms with Gasteiger partial charge in [0.1, 0.15) is 5.69 Å². The van der Waals surface area contributed by atoms with Crippen molar-refractivity contribution in [3.63, 3.8) is 0 Å². The Morgan fingerprint density at radius 3 is 2.06 bits per heavy atom. The standard InChI is InChI=1S/C18H34ClN5O6S/c1-20-2-6-27-8-10-29-12-13-30-11-9-28-7-3-24-18(19)17(21-22-24)16-23-4-14-31(25,26)15-5-23/h20H,2-16H2,1H3. The highest BCUT2D eigenvalue weighted by molar-refractivity contribution is 7.91. The maximum Gasteiger partial charge on any atom is 0.152 e. The summed E-state index contributed by atoms with van der Waals surface area (Å²) in [6.07, 6.45) is 0. The van der Waals surface area contributed by atoms with Crippen molar-refractivity contribution in [1.29, 1.82) is 0 Å². The van der Waals surface area contributed by atoms with Crippen molar-refractivity contribution in [2.24, 2.45) is 0 Å². The molecule has 0 aliphatic carbocycles. The first kappa shape index (κ1) is 26.4. The van der Waals surface area contributed by atoms with Gasteiger partial charge in [-0.2, -0.15) is 0 Å². The molecule has 1 aromatic rings. The van der Waals surface area contributed by atoms with Crippen LogP contribution in [0, 0.1) is 0 Å². The second-order valence-electron chi connectivity index (χ2n) is 7.03. The molecule has 0 aromatic carbocycles. The summed E-state index contributed by atoms with van der Waals surface area (Å²) in [7, 11) is -1.02. The molecule has 180 valence electrons. The van der Waals surface area contributed by atoms with Gasteiger partial charge in [-0.15, -0.1) is 5.10 Å². The summed E-state index contributed by atoms with van der Waals surface area (Å²) in [5.41, 5.74) is 0.650. The Labute approximate surface area is 189 Å². The molecule has 0 amide bonds. The zero-order valence-corrected chi connectivity index (χ0v) is 19.7. The molecule has 13 heteroatoms. The average molecular weight is 484 g/mol. The Morgan fingerprint density at radius 1 is 0.935 bits per heavy atom. The van der Waals surface area contributed by atoms with Crippen molar-refractivity contribution in [2.75, 3.05) is 91.0 Å². The quantitative estimate of drug-likeness (QED) is 0.289. The van der Waals surface area contributed by atoms with Crippen LogP contribution in [0.25, 0.3) is 0 Å². The van der Waals surface area contributed by atoms with Gasteiger partial charge in [-0.25, -0.2) is 13.1 Å². The van der Waals surface area contributed by atoms with Crippen molar-refractivity contribution < 1.29 is 27.4 Å². The maximum atomic E-state index is 11.5. The smallest absolute Gasteiger partial charge is 0.152 e. The van der Waals surface area contributed by atoms with Crippen LogP contribution in [0.2, 0.25) is 5.15 Å². The number of halogens is 1. The Balaban J connectivity index is 1.46. The number of nitrogens with one attached hydrogen (secondary N) is 1. The third kappa shape index (κ3) is 11.0. The van der Waals surface area contributed by atoms with E-state index in [0.717, 1.165) is 6.54 Å². The number of nitrogens with zero attached hydrogens (tertiary/aromatic N) is 4. The first-order chi connectivity index (χ1) is 15.0. The maximum absolute atomic E-state index is 11.5. The van der Waals surface area contributed by atoms with E-state index < -0.39 is 9.84 Å². The van der Waals surface area contributed by atoms with Gasteiger partial charge in [0.25, 0.3) is 0 Å². The zero-order chi connectivity index (χ0) is 22.4. The Kier molecular flexibility index (Phi) is 12.8. The highest BCUT2D eigenvalue weighted by Gasteiger charge is 2.23. The lowest BCUT2D eigenvalue weighted by molar-refractivity contribution is -0.00234. The Bertz CT molecular complexity index is 706. The molecule has 0 bridgehead atoms. The molecule has 1 aliphatic heterocycles. The second-order valence-corrected chi connectivity index (χ2v) is 9.69. The van der Waals surface area contributed by atoms with Crippen LogP contribution in [-0.4, -0.2) is 119 Å². The largest absolute Gasteiger partial charge is 0.378 e. The molecule has 2 rings (SSSR count). The van der Waals surface area contributed by atoms with E-state index >= 15 is 0 Å². The van der Waals surface area contributed by atoms with Crippen LogP contribution in [-0.2, 0) is 41.9 Å². The Morgan fingerprint density at radius 2 is 1.48 bits per heavy atom. The molecular weight excluding hydrogens is 450 g/mol. The second kappa shape index (κ2) is 15.1. The summed E-state index contributed by atoms with van der Waals surface area (Å²) in [6, 6.07) is 0. The average Bonchev–Trinajstić information content (AvgIpc) is 3.09. The van der Waals surface area contributed by atoms with Gasteiger partial charge in [0.05, 0.1) is 70.9 Å². The van der Waals surface area contributed by atoms with Crippen molar-refractivity contribution in [3.05, 3.63) is 10.8 Å². The van der Waals surface area contributed by atoms with Crippen LogP contribution in [0.4, 0.5) is 0 Å². The number of likely N-dealkylation sites (N-methyl/N-ethyl adjacent to an activating group) is 1. The molecule has 0 spiro atoms. The molecule has 1 aromatic heterocycles. The van der Waals surface area contributed by atoms with E-state index in [9.17, 15) is 8.42 Å². The number of rotatable bonds is 17. The van der Waals surface area contributed by atoms with Gasteiger partial charge in [-0.1, -0.05) is 16.8 Å². The topological polar surface area (TPSA) is 117 Å². The van der Waals surface area contributed by atoms with Gasteiger partial charge >= 0.3 is 0 Å². The molecule has 2 heterocycles.